The molecule has 2 aromatic rings. The van der Waals surface area contributed by atoms with Crippen LogP contribution in [0.25, 0.3) is 0 Å². The van der Waals surface area contributed by atoms with Crippen LogP contribution in [-0.4, -0.2) is 39.1 Å². The Morgan fingerprint density at radius 2 is 1.64 bits per heavy atom. The molecule has 28 heavy (non-hydrogen) atoms. The Bertz CT molecular complexity index is 822. The Kier molecular flexibility index (Phi) is 7.84. The van der Waals surface area contributed by atoms with Crippen molar-refractivity contribution in [1.29, 1.82) is 0 Å². The van der Waals surface area contributed by atoms with Crippen LogP contribution in [0.2, 0.25) is 5.02 Å². The molecule has 0 aromatic heterocycles. The van der Waals surface area contributed by atoms with Gasteiger partial charge >= 0.3 is 0 Å². The van der Waals surface area contributed by atoms with Crippen LogP contribution in [0, 0.1) is 0 Å². The third-order valence-electron chi connectivity index (χ3n) is 4.22. The van der Waals surface area contributed by atoms with E-state index in [0.29, 0.717) is 22.4 Å². The Morgan fingerprint density at radius 3 is 2.21 bits per heavy atom. The number of hydrogen-bond acceptors (Lipinski definition) is 3. The first-order valence-corrected chi connectivity index (χ1v) is 9.50. The fraction of sp³-hybridized carbons (Fsp3) is 0.333. The van der Waals surface area contributed by atoms with Crippen molar-refractivity contribution >= 4 is 34.8 Å². The molecule has 2 rings (SSSR count). The lowest BCUT2D eigenvalue weighted by Gasteiger charge is -2.15. The third-order valence-corrected chi connectivity index (χ3v) is 4.46. The number of nitrogens with one attached hydrogen (secondary N) is 3. The summed E-state index contributed by atoms with van der Waals surface area (Å²) >= 11 is 5.97. The molecule has 0 aliphatic heterocycles. The van der Waals surface area contributed by atoms with Crippen molar-refractivity contribution in [3.63, 3.8) is 0 Å². The molecule has 6 nitrogen and oxygen atoms in total. The van der Waals surface area contributed by atoms with Gasteiger partial charge in [0.15, 0.2) is 13.1 Å². The number of hydrogen-bond donors (Lipinski definition) is 3. The highest BCUT2D eigenvalue weighted by atomic mass is 35.5. The van der Waals surface area contributed by atoms with Crippen LogP contribution in [0.3, 0.4) is 0 Å². The number of likely N-dealkylation sites (N-methyl/N-ethyl adjacent to an activating group) is 1. The Morgan fingerprint density at radius 1 is 1.04 bits per heavy atom. The summed E-state index contributed by atoms with van der Waals surface area (Å²) in [5.41, 5.74) is 2.46. The number of anilines is 2. The number of amides is 2. The highest BCUT2D eigenvalue weighted by Gasteiger charge is 2.16. The second-order valence-corrected chi connectivity index (χ2v) is 7.46. The second kappa shape index (κ2) is 10.1. The van der Waals surface area contributed by atoms with E-state index in [1.807, 2.05) is 24.3 Å². The summed E-state index contributed by atoms with van der Waals surface area (Å²) in [5.74, 6) is 0.588. The van der Waals surface area contributed by atoms with E-state index in [-0.39, 0.29) is 24.9 Å². The van der Waals surface area contributed by atoms with Crippen LogP contribution in [0.1, 0.15) is 25.3 Å². The van der Waals surface area contributed by atoms with Crippen molar-refractivity contribution in [1.82, 2.24) is 0 Å². The van der Waals surface area contributed by atoms with E-state index in [0.717, 1.165) is 10.6 Å². The first kappa shape index (κ1) is 21.7. The Balaban J connectivity index is 1.85. The van der Waals surface area contributed by atoms with Gasteiger partial charge in [0.25, 0.3) is 11.8 Å². The smallest absolute Gasteiger partial charge is 0.279 e. The van der Waals surface area contributed by atoms with Crippen LogP contribution >= 0.6 is 11.6 Å². The van der Waals surface area contributed by atoms with Gasteiger partial charge in [-0.3, -0.25) is 9.59 Å². The van der Waals surface area contributed by atoms with Crippen molar-refractivity contribution in [2.75, 3.05) is 37.9 Å². The van der Waals surface area contributed by atoms with E-state index in [4.69, 9.17) is 16.3 Å². The van der Waals surface area contributed by atoms with Crippen LogP contribution in [-0.2, 0) is 9.59 Å². The SMILES string of the molecule is COc1ccc(Cl)cc1NC(=O)C[NH+](C)CC(=O)Nc1ccc(C(C)C)cc1. The van der Waals surface area contributed by atoms with Crippen LogP contribution in [0.5, 0.6) is 5.75 Å². The number of quaternary nitrogens is 1. The molecule has 0 saturated heterocycles. The molecule has 0 aliphatic carbocycles. The van der Waals surface area contributed by atoms with Crippen molar-refractivity contribution in [2.24, 2.45) is 0 Å². The average Bonchev–Trinajstić information content (AvgIpc) is 2.61. The Hall–Kier alpha value is -2.57. The van der Waals surface area contributed by atoms with Gasteiger partial charge in [-0.15, -0.1) is 0 Å². The zero-order chi connectivity index (χ0) is 20.7. The largest absolute Gasteiger partial charge is 0.495 e. The molecule has 0 aliphatic rings. The van der Waals surface area contributed by atoms with Crippen LogP contribution in [0.4, 0.5) is 11.4 Å². The van der Waals surface area contributed by atoms with Crippen LogP contribution < -0.4 is 20.3 Å². The molecule has 1 unspecified atom stereocenters. The van der Waals surface area contributed by atoms with Gasteiger partial charge in [-0.1, -0.05) is 37.6 Å². The molecular weight excluding hydrogens is 378 g/mol. The average molecular weight is 405 g/mol. The van der Waals surface area contributed by atoms with Crippen LogP contribution in [0.15, 0.2) is 42.5 Å². The normalized spacial score (nSPS) is 11.8. The minimum Gasteiger partial charge on any atom is -0.495 e. The molecule has 2 aromatic carbocycles. The first-order valence-electron chi connectivity index (χ1n) is 9.13. The van der Waals surface area contributed by atoms with E-state index < -0.39 is 0 Å². The van der Waals surface area contributed by atoms with Crippen molar-refractivity contribution < 1.29 is 19.2 Å². The number of halogens is 1. The molecule has 0 fully saturated rings. The van der Waals surface area contributed by atoms with Gasteiger partial charge in [-0.25, -0.2) is 0 Å². The minimum absolute atomic E-state index is 0.134. The summed E-state index contributed by atoms with van der Waals surface area (Å²) in [6.07, 6.45) is 0. The highest BCUT2D eigenvalue weighted by molar-refractivity contribution is 6.31. The maximum atomic E-state index is 12.3. The molecule has 0 radical (unpaired) electrons. The lowest BCUT2D eigenvalue weighted by Crippen LogP contribution is -3.11. The molecule has 7 heteroatoms. The zero-order valence-electron chi connectivity index (χ0n) is 16.6. The zero-order valence-corrected chi connectivity index (χ0v) is 17.4. The lowest BCUT2D eigenvalue weighted by molar-refractivity contribution is -0.862. The monoisotopic (exact) mass is 404 g/mol. The molecule has 2 amide bonds. The maximum Gasteiger partial charge on any atom is 0.279 e. The van der Waals surface area contributed by atoms with Crippen molar-refractivity contribution in [2.45, 2.75) is 19.8 Å². The molecule has 0 heterocycles. The molecule has 1 atom stereocenters. The molecular formula is C21H27ClN3O3+. The molecule has 0 bridgehead atoms. The number of ether oxygens (including phenoxy) is 1. The van der Waals surface area contributed by atoms with E-state index in [2.05, 4.69) is 24.5 Å². The molecule has 0 saturated carbocycles. The predicted molar refractivity (Wildman–Crippen MR) is 112 cm³/mol. The number of methoxy groups -OCH3 is 1. The standard InChI is InChI=1S/C21H26ClN3O3/c1-14(2)15-5-8-17(9-6-15)23-20(26)12-25(3)13-21(27)24-18-11-16(22)7-10-19(18)28-4/h5-11,14H,12-13H2,1-4H3,(H,23,26)(H,24,27)/p+1. The summed E-state index contributed by atoms with van der Waals surface area (Å²) in [6, 6.07) is 12.8. The number of benzene rings is 2. The predicted octanol–water partition coefficient (Wildman–Crippen LogP) is 2.56. The number of rotatable bonds is 8. The fourth-order valence-electron chi connectivity index (χ4n) is 2.74. The van der Waals surface area contributed by atoms with E-state index in [1.54, 1.807) is 25.2 Å². The van der Waals surface area contributed by atoms with Gasteiger partial charge in [-0.2, -0.15) is 0 Å². The maximum absolute atomic E-state index is 12.3. The number of carbonyl (C=O) groups is 2. The summed E-state index contributed by atoms with van der Waals surface area (Å²) in [6.45, 7) is 4.55. The lowest BCUT2D eigenvalue weighted by atomic mass is 10.0. The number of carbonyl (C=O) groups excluding carboxylic acids is 2. The van der Waals surface area contributed by atoms with Gasteiger partial charge in [0.2, 0.25) is 0 Å². The quantitative estimate of drug-likeness (QED) is 0.633. The summed E-state index contributed by atoms with van der Waals surface area (Å²) in [4.78, 5) is 25.3. The summed E-state index contributed by atoms with van der Waals surface area (Å²) in [5, 5.41) is 6.13. The molecule has 3 N–H and O–H groups in total. The minimum atomic E-state index is -0.229. The summed E-state index contributed by atoms with van der Waals surface area (Å²) in [7, 11) is 3.31. The first-order chi connectivity index (χ1) is 13.3. The molecule has 0 spiro atoms. The van der Waals surface area contributed by atoms with Gasteiger partial charge in [0, 0.05) is 10.7 Å². The third kappa shape index (κ3) is 6.55. The van der Waals surface area contributed by atoms with E-state index in [1.165, 1.54) is 12.7 Å². The highest BCUT2D eigenvalue weighted by Crippen LogP contribution is 2.27. The van der Waals surface area contributed by atoms with Crippen molar-refractivity contribution in [3.05, 3.63) is 53.1 Å². The van der Waals surface area contributed by atoms with Crippen molar-refractivity contribution in [3.8, 4) is 5.75 Å². The van der Waals surface area contributed by atoms with Gasteiger partial charge in [0.1, 0.15) is 5.75 Å². The van der Waals surface area contributed by atoms with Gasteiger partial charge in [0.05, 0.1) is 19.8 Å². The van der Waals surface area contributed by atoms with Gasteiger partial charge in [-0.05, 0) is 41.8 Å². The fourth-order valence-corrected chi connectivity index (χ4v) is 2.91. The van der Waals surface area contributed by atoms with Gasteiger partial charge < -0.3 is 20.3 Å². The Labute approximate surface area is 170 Å². The molecule has 150 valence electrons. The summed E-state index contributed by atoms with van der Waals surface area (Å²) < 4.78 is 5.22. The second-order valence-electron chi connectivity index (χ2n) is 7.03. The topological polar surface area (TPSA) is 71.9 Å². The van der Waals surface area contributed by atoms with E-state index >= 15 is 0 Å². The van der Waals surface area contributed by atoms with E-state index in [9.17, 15) is 9.59 Å².